The molecule has 1 nitrogen and oxygen atoms in total. The van der Waals surface area contributed by atoms with E-state index in [2.05, 4.69) is 18.8 Å². The zero-order valence-electron chi connectivity index (χ0n) is 8.53. The van der Waals surface area contributed by atoms with Gasteiger partial charge in [-0.25, -0.2) is 0 Å². The maximum absolute atomic E-state index is 11.3. The van der Waals surface area contributed by atoms with Crippen LogP contribution in [0.1, 0.15) is 47.0 Å². The summed E-state index contributed by atoms with van der Waals surface area (Å²) in [5.41, 5.74) is -0.306. The van der Waals surface area contributed by atoms with Gasteiger partial charge >= 0.3 is 0 Å². The first-order chi connectivity index (χ1) is 5.48. The molecule has 0 aromatic rings. The molecule has 0 saturated carbocycles. The number of carbonyl (C=O) groups excluding carboxylic acids is 1. The molecule has 0 radical (unpaired) electrons. The molecule has 0 aromatic heterocycles. The molecule has 0 atom stereocenters. The summed E-state index contributed by atoms with van der Waals surface area (Å²) >= 11 is 0. The summed E-state index contributed by atoms with van der Waals surface area (Å²) in [6.07, 6.45) is 3.07. The molecular formula is C11H18O. The molecule has 0 aliphatic carbocycles. The molecule has 0 fully saturated rings. The molecule has 12 heavy (non-hydrogen) atoms. The van der Waals surface area contributed by atoms with Crippen LogP contribution in [0.15, 0.2) is 0 Å². The molecule has 0 saturated heterocycles. The Morgan fingerprint density at radius 2 is 1.92 bits per heavy atom. The number of hydrogen-bond donors (Lipinski definition) is 0. The minimum atomic E-state index is -0.306. The number of rotatable bonds is 2. The highest BCUT2D eigenvalue weighted by Gasteiger charge is 2.18. The van der Waals surface area contributed by atoms with Crippen LogP contribution in [-0.4, -0.2) is 5.78 Å². The first-order valence-electron chi connectivity index (χ1n) is 4.51. The van der Waals surface area contributed by atoms with Crippen molar-refractivity contribution in [2.45, 2.75) is 47.0 Å². The number of Topliss-reactive ketones (excluding diaryl/α,β-unsaturated/α-hetero) is 1. The molecule has 0 aromatic carbocycles. The molecule has 0 heterocycles. The van der Waals surface area contributed by atoms with Crippen LogP contribution in [0.5, 0.6) is 0 Å². The van der Waals surface area contributed by atoms with E-state index in [9.17, 15) is 4.79 Å². The molecule has 0 rings (SSSR count). The summed E-state index contributed by atoms with van der Waals surface area (Å²) in [6, 6.07) is 0. The molecule has 1 heteroatoms. The van der Waals surface area contributed by atoms with E-state index in [0.29, 0.717) is 0 Å². The van der Waals surface area contributed by atoms with Crippen molar-refractivity contribution in [1.29, 1.82) is 0 Å². The lowest BCUT2D eigenvalue weighted by Gasteiger charge is -2.10. The van der Waals surface area contributed by atoms with Crippen molar-refractivity contribution in [3.63, 3.8) is 0 Å². The van der Waals surface area contributed by atoms with Crippen molar-refractivity contribution in [3.8, 4) is 11.8 Å². The maximum atomic E-state index is 11.3. The van der Waals surface area contributed by atoms with Gasteiger partial charge in [-0.15, -0.1) is 0 Å². The Hall–Kier alpha value is -0.770. The van der Waals surface area contributed by atoms with Gasteiger partial charge in [0.25, 0.3) is 0 Å². The summed E-state index contributed by atoms with van der Waals surface area (Å²) < 4.78 is 0. The number of unbranched alkanes of at least 4 members (excludes halogenated alkanes) is 2. The number of carbonyl (C=O) groups is 1. The van der Waals surface area contributed by atoms with E-state index in [1.165, 1.54) is 0 Å². The van der Waals surface area contributed by atoms with Gasteiger partial charge < -0.3 is 0 Å². The predicted molar refractivity (Wildman–Crippen MR) is 51.8 cm³/mol. The van der Waals surface area contributed by atoms with Crippen LogP contribution in [0, 0.1) is 17.3 Å². The fourth-order valence-electron chi connectivity index (χ4n) is 0.595. The van der Waals surface area contributed by atoms with E-state index < -0.39 is 0 Å². The minimum absolute atomic E-state index is 0.0404. The molecule has 0 aliphatic rings. The standard InChI is InChI=1S/C11H18O/c1-5-6-7-8-9-10(12)11(2,3)4/h5-7H2,1-4H3. The Balaban J connectivity index is 3.89. The summed E-state index contributed by atoms with van der Waals surface area (Å²) in [4.78, 5) is 11.3. The second-order valence-corrected chi connectivity index (χ2v) is 3.98. The average molecular weight is 166 g/mol. The Morgan fingerprint density at radius 1 is 1.33 bits per heavy atom. The van der Waals surface area contributed by atoms with Gasteiger partial charge in [-0.2, -0.15) is 0 Å². The normalized spacial score (nSPS) is 10.3. The first kappa shape index (κ1) is 11.2. The van der Waals surface area contributed by atoms with Crippen molar-refractivity contribution >= 4 is 5.78 Å². The molecule has 0 spiro atoms. The fraction of sp³-hybridized carbons (Fsp3) is 0.727. The largest absolute Gasteiger partial charge is 0.284 e. The average Bonchev–Trinajstić information content (AvgIpc) is 1.96. The van der Waals surface area contributed by atoms with E-state index >= 15 is 0 Å². The van der Waals surface area contributed by atoms with Crippen molar-refractivity contribution < 1.29 is 4.79 Å². The van der Waals surface area contributed by atoms with Gasteiger partial charge in [-0.3, -0.25) is 4.79 Å². The molecule has 0 aliphatic heterocycles. The third kappa shape index (κ3) is 4.96. The van der Waals surface area contributed by atoms with Gasteiger partial charge in [0.05, 0.1) is 0 Å². The fourth-order valence-corrected chi connectivity index (χ4v) is 0.595. The van der Waals surface area contributed by atoms with Crippen LogP contribution in [0.2, 0.25) is 0 Å². The Morgan fingerprint density at radius 3 is 2.33 bits per heavy atom. The van der Waals surface area contributed by atoms with Crippen LogP contribution >= 0.6 is 0 Å². The molecule has 0 amide bonds. The molecule has 0 unspecified atom stereocenters. The van der Waals surface area contributed by atoms with Gasteiger partial charge in [0.1, 0.15) is 0 Å². The Kier molecular flexibility index (Phi) is 4.66. The topological polar surface area (TPSA) is 17.1 Å². The zero-order valence-corrected chi connectivity index (χ0v) is 8.53. The summed E-state index contributed by atoms with van der Waals surface area (Å²) in [5.74, 6) is 5.60. The van der Waals surface area contributed by atoms with Gasteiger partial charge in [-0.1, -0.05) is 40.0 Å². The van der Waals surface area contributed by atoms with E-state index in [-0.39, 0.29) is 11.2 Å². The van der Waals surface area contributed by atoms with Crippen molar-refractivity contribution in [3.05, 3.63) is 0 Å². The van der Waals surface area contributed by atoms with E-state index in [1.807, 2.05) is 20.8 Å². The second-order valence-electron chi connectivity index (χ2n) is 3.98. The monoisotopic (exact) mass is 166 g/mol. The lowest BCUT2D eigenvalue weighted by Crippen LogP contribution is -2.17. The minimum Gasteiger partial charge on any atom is -0.284 e. The smallest absolute Gasteiger partial charge is 0.210 e. The van der Waals surface area contributed by atoms with Crippen LogP contribution in [-0.2, 0) is 4.79 Å². The maximum Gasteiger partial charge on any atom is 0.210 e. The Labute approximate surface area is 75.5 Å². The van der Waals surface area contributed by atoms with Crippen LogP contribution in [0.4, 0.5) is 0 Å². The highest BCUT2D eigenvalue weighted by atomic mass is 16.1. The third-order valence-corrected chi connectivity index (χ3v) is 1.54. The van der Waals surface area contributed by atoms with Gasteiger partial charge in [0.15, 0.2) is 0 Å². The molecule has 0 N–H and O–H groups in total. The molecule has 68 valence electrons. The number of ketones is 1. The van der Waals surface area contributed by atoms with Gasteiger partial charge in [-0.05, 0) is 12.3 Å². The van der Waals surface area contributed by atoms with Crippen molar-refractivity contribution in [2.75, 3.05) is 0 Å². The van der Waals surface area contributed by atoms with Crippen LogP contribution < -0.4 is 0 Å². The SMILES string of the molecule is CCCCC#CC(=O)C(C)(C)C. The summed E-state index contributed by atoms with van der Waals surface area (Å²) in [7, 11) is 0. The highest BCUT2D eigenvalue weighted by Crippen LogP contribution is 2.13. The van der Waals surface area contributed by atoms with E-state index in [1.54, 1.807) is 0 Å². The quantitative estimate of drug-likeness (QED) is 0.350. The second kappa shape index (κ2) is 4.98. The van der Waals surface area contributed by atoms with Crippen LogP contribution in [0.25, 0.3) is 0 Å². The Bertz CT molecular complexity index is 197. The highest BCUT2D eigenvalue weighted by molar-refractivity contribution is 5.99. The third-order valence-electron chi connectivity index (χ3n) is 1.54. The summed E-state index contributed by atoms with van der Waals surface area (Å²) in [5, 5.41) is 0. The van der Waals surface area contributed by atoms with Gasteiger partial charge in [0.2, 0.25) is 5.78 Å². The van der Waals surface area contributed by atoms with Crippen molar-refractivity contribution in [1.82, 2.24) is 0 Å². The van der Waals surface area contributed by atoms with E-state index in [4.69, 9.17) is 0 Å². The first-order valence-corrected chi connectivity index (χ1v) is 4.51. The van der Waals surface area contributed by atoms with Gasteiger partial charge in [0, 0.05) is 11.8 Å². The number of hydrogen-bond acceptors (Lipinski definition) is 1. The zero-order chi connectivity index (χ0) is 9.61. The lowest BCUT2D eigenvalue weighted by molar-refractivity contribution is -0.120. The van der Waals surface area contributed by atoms with Crippen LogP contribution in [0.3, 0.4) is 0 Å². The summed E-state index contributed by atoms with van der Waals surface area (Å²) in [6.45, 7) is 7.80. The molecular weight excluding hydrogens is 148 g/mol. The lowest BCUT2D eigenvalue weighted by atomic mass is 9.91. The predicted octanol–water partition coefficient (Wildman–Crippen LogP) is 2.80. The molecule has 0 bridgehead atoms. The van der Waals surface area contributed by atoms with E-state index in [0.717, 1.165) is 19.3 Å². The van der Waals surface area contributed by atoms with Crippen molar-refractivity contribution in [2.24, 2.45) is 5.41 Å².